The molecule has 4 N–H and O–H groups in total. The van der Waals surface area contributed by atoms with Crippen LogP contribution in [0.25, 0.3) is 0 Å². The number of rotatable bonds is 5. The van der Waals surface area contributed by atoms with Crippen LogP contribution in [-0.4, -0.2) is 39.7 Å². The second-order valence-electron chi connectivity index (χ2n) is 6.33. The van der Waals surface area contributed by atoms with Crippen molar-refractivity contribution in [2.45, 2.75) is 37.5 Å². The number of nitriles is 1. The number of carbonyl (C=O) groups excluding carboxylic acids is 1. The van der Waals surface area contributed by atoms with E-state index in [0.717, 1.165) is 0 Å². The summed E-state index contributed by atoms with van der Waals surface area (Å²) >= 11 is 0. The summed E-state index contributed by atoms with van der Waals surface area (Å²) in [5, 5.41) is 26.3. The van der Waals surface area contributed by atoms with E-state index in [9.17, 15) is 9.90 Å². The van der Waals surface area contributed by atoms with Crippen molar-refractivity contribution in [3.05, 3.63) is 41.6 Å². The van der Waals surface area contributed by atoms with Crippen LogP contribution in [0.1, 0.15) is 41.2 Å². The van der Waals surface area contributed by atoms with Gasteiger partial charge >= 0.3 is 0 Å². The van der Waals surface area contributed by atoms with Gasteiger partial charge in [-0.15, -0.1) is 0 Å². The summed E-state index contributed by atoms with van der Waals surface area (Å²) in [6.45, 7) is 3.61. The summed E-state index contributed by atoms with van der Waals surface area (Å²) in [4.78, 5) is 15.9. The predicted octanol–water partition coefficient (Wildman–Crippen LogP) is 1.75. The molecule has 3 atom stereocenters. The number of benzene rings is 1. The first-order chi connectivity index (χ1) is 12.5. The number of aliphatic hydroxyl groups excluding tert-OH is 1. The van der Waals surface area contributed by atoms with Gasteiger partial charge in [-0.2, -0.15) is 10.4 Å². The molecule has 1 fully saturated rings. The smallest absolute Gasteiger partial charge is 0.254 e. The standard InChI is InChI=1S/C18H20N6O2/c1-21-15-8-13(25)6-7-16(15)24-10-14(17(20)26)18(23-24)22-12-4-2-11(9-19)3-5-12/h2-5,10,13,15-16,25H,1,6-8H2,(H2,20,26)(H,22,23)/t13-,15?,16-/m0/s1. The highest BCUT2D eigenvalue weighted by molar-refractivity contribution is 5.98. The average Bonchev–Trinajstić information content (AvgIpc) is 3.06. The van der Waals surface area contributed by atoms with E-state index in [0.29, 0.717) is 36.3 Å². The molecule has 1 saturated carbocycles. The van der Waals surface area contributed by atoms with E-state index < -0.39 is 12.0 Å². The van der Waals surface area contributed by atoms with Crippen LogP contribution >= 0.6 is 0 Å². The van der Waals surface area contributed by atoms with Gasteiger partial charge in [0.1, 0.15) is 5.56 Å². The molecule has 26 heavy (non-hydrogen) atoms. The van der Waals surface area contributed by atoms with Gasteiger partial charge in [0, 0.05) is 11.9 Å². The first kappa shape index (κ1) is 17.6. The molecule has 1 aliphatic rings. The number of amides is 1. The van der Waals surface area contributed by atoms with Crippen molar-refractivity contribution in [3.8, 4) is 6.07 Å². The van der Waals surface area contributed by atoms with Crippen molar-refractivity contribution in [2.75, 3.05) is 5.32 Å². The summed E-state index contributed by atoms with van der Waals surface area (Å²) in [6.07, 6.45) is 3.04. The normalized spacial score (nSPS) is 22.4. The van der Waals surface area contributed by atoms with Crippen LogP contribution in [-0.2, 0) is 0 Å². The van der Waals surface area contributed by atoms with Gasteiger partial charge < -0.3 is 16.2 Å². The third-order valence-corrected chi connectivity index (χ3v) is 4.60. The van der Waals surface area contributed by atoms with E-state index in [1.807, 2.05) is 0 Å². The van der Waals surface area contributed by atoms with Crippen LogP contribution in [0.15, 0.2) is 35.5 Å². The Labute approximate surface area is 151 Å². The lowest BCUT2D eigenvalue weighted by atomic mass is 9.89. The van der Waals surface area contributed by atoms with Crippen molar-refractivity contribution >= 4 is 24.1 Å². The third-order valence-electron chi connectivity index (χ3n) is 4.60. The van der Waals surface area contributed by atoms with Gasteiger partial charge in [-0.05, 0) is 50.2 Å². The molecule has 2 aromatic rings. The maximum Gasteiger partial charge on any atom is 0.254 e. The van der Waals surface area contributed by atoms with Gasteiger partial charge in [0.25, 0.3) is 5.91 Å². The topological polar surface area (TPSA) is 129 Å². The van der Waals surface area contributed by atoms with E-state index >= 15 is 0 Å². The zero-order chi connectivity index (χ0) is 18.7. The number of anilines is 2. The Hall–Kier alpha value is -3.18. The number of aliphatic hydroxyl groups is 1. The molecule has 0 radical (unpaired) electrons. The van der Waals surface area contributed by atoms with E-state index in [4.69, 9.17) is 11.0 Å². The minimum atomic E-state index is -0.591. The third kappa shape index (κ3) is 3.58. The molecular weight excluding hydrogens is 332 g/mol. The zero-order valence-electron chi connectivity index (χ0n) is 14.2. The van der Waals surface area contributed by atoms with Gasteiger partial charge in [-0.3, -0.25) is 14.5 Å². The molecular formula is C18H20N6O2. The lowest BCUT2D eigenvalue weighted by Gasteiger charge is -2.31. The molecule has 0 aliphatic heterocycles. The molecule has 0 saturated heterocycles. The van der Waals surface area contributed by atoms with Crippen LogP contribution in [0.2, 0.25) is 0 Å². The molecule has 1 aromatic carbocycles. The Morgan fingerprint density at radius 3 is 2.77 bits per heavy atom. The van der Waals surface area contributed by atoms with Crippen LogP contribution in [0.5, 0.6) is 0 Å². The van der Waals surface area contributed by atoms with E-state index in [1.165, 1.54) is 0 Å². The quantitative estimate of drug-likeness (QED) is 0.706. The zero-order valence-corrected chi connectivity index (χ0v) is 14.2. The number of primary amides is 1. The summed E-state index contributed by atoms with van der Waals surface area (Å²) in [5.74, 6) is -0.248. The number of hydrogen-bond acceptors (Lipinski definition) is 6. The number of aromatic nitrogens is 2. The minimum absolute atomic E-state index is 0.0921. The second kappa shape index (κ2) is 7.37. The van der Waals surface area contributed by atoms with Crippen molar-refractivity contribution in [2.24, 2.45) is 10.7 Å². The van der Waals surface area contributed by atoms with E-state index in [1.54, 1.807) is 35.1 Å². The van der Waals surface area contributed by atoms with Crippen LogP contribution in [0.4, 0.5) is 11.5 Å². The summed E-state index contributed by atoms with van der Waals surface area (Å²) in [5.41, 5.74) is 6.99. The maximum absolute atomic E-state index is 11.8. The SMILES string of the molecule is C=NC1C[C@@H](O)CC[C@@H]1n1cc(C(N)=O)c(Nc2ccc(C#N)cc2)n1. The largest absolute Gasteiger partial charge is 0.393 e. The highest BCUT2D eigenvalue weighted by Crippen LogP contribution is 2.32. The monoisotopic (exact) mass is 352 g/mol. The molecule has 134 valence electrons. The molecule has 3 rings (SSSR count). The number of nitrogens with zero attached hydrogens (tertiary/aromatic N) is 4. The molecule has 8 nitrogen and oxygen atoms in total. The fourth-order valence-corrected chi connectivity index (χ4v) is 3.21. The van der Waals surface area contributed by atoms with Crippen molar-refractivity contribution in [1.82, 2.24) is 9.78 Å². The molecule has 1 heterocycles. The van der Waals surface area contributed by atoms with E-state index in [-0.39, 0.29) is 17.6 Å². The van der Waals surface area contributed by atoms with E-state index in [2.05, 4.69) is 28.2 Å². The molecule has 0 bridgehead atoms. The molecule has 1 unspecified atom stereocenters. The molecule has 8 heteroatoms. The molecule has 1 aromatic heterocycles. The highest BCUT2D eigenvalue weighted by Gasteiger charge is 2.31. The minimum Gasteiger partial charge on any atom is -0.393 e. The summed E-state index contributed by atoms with van der Waals surface area (Å²) < 4.78 is 1.68. The van der Waals surface area contributed by atoms with Crippen molar-refractivity contribution in [3.63, 3.8) is 0 Å². The second-order valence-corrected chi connectivity index (χ2v) is 6.33. The van der Waals surface area contributed by atoms with Crippen molar-refractivity contribution < 1.29 is 9.90 Å². The fraction of sp³-hybridized carbons (Fsp3) is 0.333. The number of aliphatic imine (C=N–C) groups is 1. The fourth-order valence-electron chi connectivity index (χ4n) is 3.21. The number of carbonyl (C=O) groups is 1. The Bertz CT molecular complexity index is 852. The van der Waals surface area contributed by atoms with Crippen LogP contribution < -0.4 is 11.1 Å². The maximum atomic E-state index is 11.8. The molecule has 1 aliphatic carbocycles. The molecule has 1 amide bonds. The lowest BCUT2D eigenvalue weighted by Crippen LogP contribution is -2.33. The summed E-state index contributed by atoms with van der Waals surface area (Å²) in [6, 6.07) is 8.58. The highest BCUT2D eigenvalue weighted by atomic mass is 16.3. The van der Waals surface area contributed by atoms with Gasteiger partial charge in [0.2, 0.25) is 0 Å². The van der Waals surface area contributed by atoms with Crippen molar-refractivity contribution in [1.29, 1.82) is 5.26 Å². The Morgan fingerprint density at radius 1 is 1.42 bits per heavy atom. The molecule has 0 spiro atoms. The first-order valence-electron chi connectivity index (χ1n) is 8.32. The van der Waals surface area contributed by atoms with Gasteiger partial charge in [-0.25, -0.2) is 0 Å². The summed E-state index contributed by atoms with van der Waals surface area (Å²) in [7, 11) is 0. The van der Waals surface area contributed by atoms with Crippen LogP contribution in [0.3, 0.4) is 0 Å². The Morgan fingerprint density at radius 2 is 2.15 bits per heavy atom. The van der Waals surface area contributed by atoms with Crippen LogP contribution in [0, 0.1) is 11.3 Å². The Kier molecular flexibility index (Phi) is 5.00. The average molecular weight is 352 g/mol. The first-order valence-corrected chi connectivity index (χ1v) is 8.32. The lowest BCUT2D eigenvalue weighted by molar-refractivity contribution is 0.0949. The van der Waals surface area contributed by atoms with Gasteiger partial charge in [0.05, 0.1) is 29.8 Å². The predicted molar refractivity (Wildman–Crippen MR) is 97.4 cm³/mol. The number of hydrogen-bond donors (Lipinski definition) is 3. The van der Waals surface area contributed by atoms with Gasteiger partial charge in [0.15, 0.2) is 5.82 Å². The van der Waals surface area contributed by atoms with Gasteiger partial charge in [-0.1, -0.05) is 0 Å². The number of nitrogens with one attached hydrogen (secondary N) is 1. The number of nitrogens with two attached hydrogens (primary N) is 1. The Balaban J connectivity index is 1.89.